The van der Waals surface area contributed by atoms with Gasteiger partial charge in [-0.3, -0.25) is 0 Å². The summed E-state index contributed by atoms with van der Waals surface area (Å²) in [5.41, 5.74) is 1.33. The van der Waals surface area contributed by atoms with Crippen LogP contribution in [0.3, 0.4) is 0 Å². The Morgan fingerprint density at radius 1 is 0.550 bits per heavy atom. The van der Waals surface area contributed by atoms with Crippen LogP contribution in [0.1, 0.15) is 5.56 Å². The molecule has 0 bridgehead atoms. The van der Waals surface area contributed by atoms with Crippen molar-refractivity contribution in [2.45, 2.75) is 11.8 Å². The largest absolute Gasteiger partial charge is 0.143 e. The van der Waals surface area contributed by atoms with Gasteiger partial charge in [-0.2, -0.15) is 0 Å². The monoisotopic (exact) mass is 274 g/mol. The summed E-state index contributed by atoms with van der Waals surface area (Å²) < 4.78 is 0. The predicted molar refractivity (Wildman–Crippen MR) is 90.9 cm³/mol. The molecule has 4 aromatic carbocycles. The summed E-state index contributed by atoms with van der Waals surface area (Å²) in [6.45, 7) is 2.17. The number of fused-ring (bicyclic) bond motifs is 5. The van der Waals surface area contributed by atoms with Crippen molar-refractivity contribution < 1.29 is 0 Å². The van der Waals surface area contributed by atoms with Crippen LogP contribution in [0.15, 0.2) is 65.6 Å². The number of benzene rings is 4. The predicted octanol–water partition coefficient (Wildman–Crippen LogP) is 5.74. The molecule has 0 aromatic heterocycles. The van der Waals surface area contributed by atoms with Crippen molar-refractivity contribution in [3.8, 4) is 0 Å². The SMILES string of the molecule is Cc1cccc2c1ccc1c3cccc(S)c3ccc21. The molecule has 0 spiro atoms. The molecule has 20 heavy (non-hydrogen) atoms. The van der Waals surface area contributed by atoms with Crippen molar-refractivity contribution in [2.75, 3.05) is 0 Å². The first-order chi connectivity index (χ1) is 9.75. The van der Waals surface area contributed by atoms with Gasteiger partial charge in [0, 0.05) is 4.90 Å². The van der Waals surface area contributed by atoms with Gasteiger partial charge >= 0.3 is 0 Å². The third-order valence-electron chi connectivity index (χ3n) is 4.11. The van der Waals surface area contributed by atoms with E-state index in [9.17, 15) is 0 Å². The maximum atomic E-state index is 4.57. The summed E-state index contributed by atoms with van der Waals surface area (Å²) in [5.74, 6) is 0. The highest BCUT2D eigenvalue weighted by atomic mass is 32.1. The van der Waals surface area contributed by atoms with Gasteiger partial charge in [-0.15, -0.1) is 12.6 Å². The van der Waals surface area contributed by atoms with Crippen LogP contribution >= 0.6 is 12.6 Å². The van der Waals surface area contributed by atoms with E-state index in [1.54, 1.807) is 0 Å². The molecular weight excluding hydrogens is 260 g/mol. The molecule has 0 unspecified atom stereocenters. The number of aryl methyl sites for hydroxylation is 1. The Balaban J connectivity index is 2.28. The molecule has 0 saturated heterocycles. The van der Waals surface area contributed by atoms with Crippen molar-refractivity contribution in [3.05, 3.63) is 66.2 Å². The molecule has 0 heterocycles. The Kier molecular flexibility index (Phi) is 2.51. The lowest BCUT2D eigenvalue weighted by Gasteiger charge is -2.10. The molecule has 0 atom stereocenters. The lowest BCUT2D eigenvalue weighted by molar-refractivity contribution is 1.54. The van der Waals surface area contributed by atoms with Crippen molar-refractivity contribution in [1.82, 2.24) is 0 Å². The van der Waals surface area contributed by atoms with E-state index in [-0.39, 0.29) is 0 Å². The minimum Gasteiger partial charge on any atom is -0.143 e. The van der Waals surface area contributed by atoms with Gasteiger partial charge in [-0.1, -0.05) is 54.6 Å². The molecule has 0 fully saturated rings. The molecule has 4 aromatic rings. The van der Waals surface area contributed by atoms with E-state index in [2.05, 4.69) is 74.1 Å². The van der Waals surface area contributed by atoms with Crippen LogP contribution in [0.2, 0.25) is 0 Å². The second-order valence-electron chi connectivity index (χ2n) is 5.27. The van der Waals surface area contributed by atoms with Gasteiger partial charge in [-0.25, -0.2) is 0 Å². The lowest BCUT2D eigenvalue weighted by atomic mass is 9.95. The number of thiol groups is 1. The lowest BCUT2D eigenvalue weighted by Crippen LogP contribution is -1.83. The minimum absolute atomic E-state index is 1.04. The Bertz CT molecular complexity index is 886. The molecule has 0 aliphatic heterocycles. The van der Waals surface area contributed by atoms with Gasteiger partial charge in [0.25, 0.3) is 0 Å². The van der Waals surface area contributed by atoms with Crippen LogP contribution in [-0.2, 0) is 0 Å². The second kappa shape index (κ2) is 4.26. The van der Waals surface area contributed by atoms with Gasteiger partial charge in [-0.05, 0) is 50.9 Å². The molecule has 0 saturated carbocycles. The van der Waals surface area contributed by atoms with Crippen molar-refractivity contribution in [3.63, 3.8) is 0 Å². The average molecular weight is 274 g/mol. The number of hydrogen-bond acceptors (Lipinski definition) is 1. The Labute approximate surface area is 123 Å². The fraction of sp³-hybridized carbons (Fsp3) is 0.0526. The third-order valence-corrected chi connectivity index (χ3v) is 4.50. The molecule has 0 nitrogen and oxygen atoms in total. The van der Waals surface area contributed by atoms with Gasteiger partial charge in [0.05, 0.1) is 0 Å². The molecule has 0 aliphatic rings. The van der Waals surface area contributed by atoms with Crippen LogP contribution in [-0.4, -0.2) is 0 Å². The first kappa shape index (κ1) is 11.8. The normalized spacial score (nSPS) is 11.5. The van der Waals surface area contributed by atoms with E-state index in [0.29, 0.717) is 0 Å². The molecule has 0 aliphatic carbocycles. The summed E-state index contributed by atoms with van der Waals surface area (Å²) in [5, 5.41) is 7.78. The van der Waals surface area contributed by atoms with Gasteiger partial charge in [0.1, 0.15) is 0 Å². The molecule has 1 heteroatoms. The average Bonchev–Trinajstić information content (AvgIpc) is 2.47. The summed E-state index contributed by atoms with van der Waals surface area (Å²) >= 11 is 4.57. The van der Waals surface area contributed by atoms with Gasteiger partial charge in [0.15, 0.2) is 0 Å². The molecule has 0 amide bonds. The van der Waals surface area contributed by atoms with Crippen molar-refractivity contribution in [1.29, 1.82) is 0 Å². The van der Waals surface area contributed by atoms with Crippen molar-refractivity contribution in [2.24, 2.45) is 0 Å². The maximum Gasteiger partial charge on any atom is 0.0119 e. The quantitative estimate of drug-likeness (QED) is 0.306. The molecule has 0 radical (unpaired) electrons. The Morgan fingerprint density at radius 2 is 1.05 bits per heavy atom. The number of hydrogen-bond donors (Lipinski definition) is 1. The van der Waals surface area contributed by atoms with Crippen LogP contribution in [0.25, 0.3) is 32.3 Å². The standard InChI is InChI=1S/C19H14S/c1-12-4-2-5-14-13(12)8-9-17-15-6-3-7-19(20)18(15)11-10-16(14)17/h2-11,20H,1H3. The minimum atomic E-state index is 1.04. The number of rotatable bonds is 0. The topological polar surface area (TPSA) is 0 Å². The summed E-state index contributed by atoms with van der Waals surface area (Å²) in [6.07, 6.45) is 0. The smallest absolute Gasteiger partial charge is 0.0119 e. The summed E-state index contributed by atoms with van der Waals surface area (Å²) in [4.78, 5) is 1.04. The highest BCUT2D eigenvalue weighted by molar-refractivity contribution is 7.80. The van der Waals surface area contributed by atoms with E-state index in [4.69, 9.17) is 0 Å². The summed E-state index contributed by atoms with van der Waals surface area (Å²) in [6, 6.07) is 21.7. The Morgan fingerprint density at radius 3 is 1.80 bits per heavy atom. The van der Waals surface area contributed by atoms with Gasteiger partial charge < -0.3 is 0 Å². The van der Waals surface area contributed by atoms with E-state index in [0.717, 1.165) is 4.90 Å². The van der Waals surface area contributed by atoms with Crippen LogP contribution in [0, 0.1) is 6.92 Å². The first-order valence-electron chi connectivity index (χ1n) is 6.78. The third kappa shape index (κ3) is 1.56. The summed E-state index contributed by atoms with van der Waals surface area (Å²) in [7, 11) is 0. The molecule has 4 rings (SSSR count). The van der Waals surface area contributed by atoms with Crippen LogP contribution in [0.5, 0.6) is 0 Å². The van der Waals surface area contributed by atoms with E-state index in [1.165, 1.54) is 37.9 Å². The van der Waals surface area contributed by atoms with E-state index in [1.807, 2.05) is 6.07 Å². The second-order valence-corrected chi connectivity index (χ2v) is 5.75. The molecule has 0 N–H and O–H groups in total. The molecular formula is C19H14S. The fourth-order valence-corrected chi connectivity index (χ4v) is 3.36. The zero-order valence-corrected chi connectivity index (χ0v) is 12.1. The first-order valence-corrected chi connectivity index (χ1v) is 7.23. The van der Waals surface area contributed by atoms with E-state index < -0.39 is 0 Å². The van der Waals surface area contributed by atoms with Crippen LogP contribution < -0.4 is 0 Å². The fourth-order valence-electron chi connectivity index (χ4n) is 3.08. The van der Waals surface area contributed by atoms with Crippen molar-refractivity contribution >= 4 is 44.9 Å². The maximum absolute atomic E-state index is 4.57. The highest BCUT2D eigenvalue weighted by Crippen LogP contribution is 2.34. The zero-order valence-electron chi connectivity index (χ0n) is 11.2. The highest BCUT2D eigenvalue weighted by Gasteiger charge is 2.06. The van der Waals surface area contributed by atoms with Gasteiger partial charge in [0.2, 0.25) is 0 Å². The van der Waals surface area contributed by atoms with Crippen LogP contribution in [0.4, 0.5) is 0 Å². The van der Waals surface area contributed by atoms with E-state index >= 15 is 0 Å². The zero-order chi connectivity index (χ0) is 13.7. The Hall–Kier alpha value is -1.99. The molecule has 96 valence electrons.